The summed E-state index contributed by atoms with van der Waals surface area (Å²) < 4.78 is 39.7. The second kappa shape index (κ2) is 5.77. The van der Waals surface area contributed by atoms with Gasteiger partial charge in [0, 0.05) is 6.20 Å². The van der Waals surface area contributed by atoms with Gasteiger partial charge in [-0.1, -0.05) is 30.3 Å². The highest BCUT2D eigenvalue weighted by Gasteiger charge is 2.25. The number of halogens is 1. The van der Waals surface area contributed by atoms with Gasteiger partial charge in [0.2, 0.25) is 5.03 Å². The molecule has 5 nitrogen and oxygen atoms in total. The van der Waals surface area contributed by atoms with Crippen LogP contribution in [0, 0.1) is 17.1 Å². The van der Waals surface area contributed by atoms with E-state index in [1.807, 2.05) is 6.07 Å². The number of rotatable bonds is 4. The molecule has 1 unspecified atom stereocenters. The smallest absolute Gasteiger partial charge is 0.241 e. The Kier molecular flexibility index (Phi) is 4.08. The zero-order valence-corrected chi connectivity index (χ0v) is 11.0. The quantitative estimate of drug-likeness (QED) is 0.930. The first-order valence-corrected chi connectivity index (χ1v) is 7.10. The fourth-order valence-corrected chi connectivity index (χ4v) is 2.73. The first-order chi connectivity index (χ1) is 9.54. The van der Waals surface area contributed by atoms with Gasteiger partial charge in [-0.25, -0.2) is 17.8 Å². The molecule has 1 heterocycles. The zero-order valence-electron chi connectivity index (χ0n) is 10.2. The molecule has 1 N–H and O–H groups in total. The van der Waals surface area contributed by atoms with Gasteiger partial charge in [-0.15, -0.1) is 0 Å². The van der Waals surface area contributed by atoms with Crippen molar-refractivity contribution in [3.8, 4) is 6.07 Å². The zero-order chi connectivity index (χ0) is 14.6. The molecule has 0 aliphatic rings. The summed E-state index contributed by atoms with van der Waals surface area (Å²) in [5.41, 5.74) is 0.468. The average molecular weight is 291 g/mol. The molecule has 102 valence electrons. The Bertz CT molecular complexity index is 742. The highest BCUT2D eigenvalue weighted by molar-refractivity contribution is 7.89. The van der Waals surface area contributed by atoms with Crippen LogP contribution < -0.4 is 4.72 Å². The largest absolute Gasteiger partial charge is 0.262 e. The van der Waals surface area contributed by atoms with Gasteiger partial charge in [0.25, 0.3) is 10.0 Å². The minimum absolute atomic E-state index is 0.468. The van der Waals surface area contributed by atoms with Gasteiger partial charge in [-0.3, -0.25) is 0 Å². The van der Waals surface area contributed by atoms with Crippen molar-refractivity contribution in [3.63, 3.8) is 0 Å². The molecule has 0 amide bonds. The van der Waals surface area contributed by atoms with E-state index in [2.05, 4.69) is 9.71 Å². The van der Waals surface area contributed by atoms with Crippen molar-refractivity contribution in [2.75, 3.05) is 0 Å². The summed E-state index contributed by atoms with van der Waals surface area (Å²) in [6.07, 6.45) is 1.17. The number of nitriles is 1. The van der Waals surface area contributed by atoms with Crippen LogP contribution in [0.15, 0.2) is 53.7 Å². The lowest BCUT2D eigenvalue weighted by atomic mass is 10.1. The Morgan fingerprint density at radius 1 is 1.20 bits per heavy atom. The fraction of sp³-hybridized carbons (Fsp3) is 0.0769. The van der Waals surface area contributed by atoms with Crippen molar-refractivity contribution < 1.29 is 12.8 Å². The summed E-state index contributed by atoms with van der Waals surface area (Å²) in [5, 5.41) is 8.34. The molecular weight excluding hydrogens is 281 g/mol. The van der Waals surface area contributed by atoms with Gasteiger partial charge in [-0.05, 0) is 17.7 Å². The highest BCUT2D eigenvalue weighted by atomic mass is 32.2. The molecule has 0 aliphatic heterocycles. The molecule has 0 aliphatic carbocycles. The predicted octanol–water partition coefficient (Wildman–Crippen LogP) is 1.76. The van der Waals surface area contributed by atoms with Crippen LogP contribution in [0.3, 0.4) is 0 Å². The minimum Gasteiger partial charge on any atom is -0.241 e. The summed E-state index contributed by atoms with van der Waals surface area (Å²) in [4.78, 5) is 3.50. The average Bonchev–Trinajstić information content (AvgIpc) is 2.46. The number of hydrogen-bond donors (Lipinski definition) is 1. The maximum atomic E-state index is 13.5. The van der Waals surface area contributed by atoms with E-state index in [-0.39, 0.29) is 0 Å². The number of pyridine rings is 1. The Morgan fingerprint density at radius 3 is 2.50 bits per heavy atom. The molecule has 7 heteroatoms. The third-order valence-corrected chi connectivity index (χ3v) is 3.87. The van der Waals surface area contributed by atoms with Crippen molar-refractivity contribution >= 4 is 10.0 Å². The Hall–Kier alpha value is -2.30. The topological polar surface area (TPSA) is 82.9 Å². The molecule has 0 bridgehead atoms. The lowest BCUT2D eigenvalue weighted by Crippen LogP contribution is -2.29. The van der Waals surface area contributed by atoms with Crippen LogP contribution >= 0.6 is 0 Å². The van der Waals surface area contributed by atoms with Crippen LogP contribution in [-0.2, 0) is 10.0 Å². The number of hydrogen-bond acceptors (Lipinski definition) is 4. The molecule has 0 saturated heterocycles. The lowest BCUT2D eigenvalue weighted by molar-refractivity contribution is 0.541. The number of nitrogens with zero attached hydrogens (tertiary/aromatic N) is 2. The molecule has 2 rings (SSSR count). The van der Waals surface area contributed by atoms with E-state index in [9.17, 15) is 12.8 Å². The Balaban J connectivity index is 2.33. The van der Waals surface area contributed by atoms with Crippen LogP contribution in [0.2, 0.25) is 0 Å². The van der Waals surface area contributed by atoms with Crippen LogP contribution in [0.1, 0.15) is 11.6 Å². The van der Waals surface area contributed by atoms with Gasteiger partial charge >= 0.3 is 0 Å². The molecule has 1 atom stereocenters. The monoisotopic (exact) mass is 291 g/mol. The summed E-state index contributed by atoms with van der Waals surface area (Å²) >= 11 is 0. The van der Waals surface area contributed by atoms with Crippen LogP contribution in [0.25, 0.3) is 0 Å². The minimum atomic E-state index is -4.21. The maximum Gasteiger partial charge on any atom is 0.262 e. The highest BCUT2D eigenvalue weighted by Crippen LogP contribution is 2.17. The molecule has 1 aromatic carbocycles. The fourth-order valence-electron chi connectivity index (χ4n) is 1.59. The third-order valence-electron chi connectivity index (χ3n) is 2.51. The molecule has 0 radical (unpaired) electrons. The van der Waals surface area contributed by atoms with Crippen molar-refractivity contribution in [1.29, 1.82) is 5.26 Å². The predicted molar refractivity (Wildman–Crippen MR) is 69.3 cm³/mol. The van der Waals surface area contributed by atoms with E-state index in [4.69, 9.17) is 5.26 Å². The molecule has 0 spiro atoms. The van der Waals surface area contributed by atoms with E-state index in [0.29, 0.717) is 5.56 Å². The number of aromatic nitrogens is 1. The van der Waals surface area contributed by atoms with Crippen LogP contribution in [0.5, 0.6) is 0 Å². The number of nitrogens with one attached hydrogen (secondary N) is 1. The number of sulfonamides is 1. The molecular formula is C13H10FN3O2S. The second-order valence-corrected chi connectivity index (χ2v) is 5.51. The first-order valence-electron chi connectivity index (χ1n) is 5.62. The van der Waals surface area contributed by atoms with E-state index in [1.165, 1.54) is 12.3 Å². The van der Waals surface area contributed by atoms with Gasteiger partial charge in [0.05, 0.1) is 6.07 Å². The standard InChI is InChI=1S/C13H10FN3O2S/c14-11-7-4-8-16-13(11)20(18,19)17-12(9-15)10-5-2-1-3-6-10/h1-8,12,17H. The van der Waals surface area contributed by atoms with E-state index >= 15 is 0 Å². The Morgan fingerprint density at radius 2 is 1.90 bits per heavy atom. The summed E-state index contributed by atoms with van der Waals surface area (Å²) in [5.74, 6) is -0.968. The Labute approximate surface area is 115 Å². The van der Waals surface area contributed by atoms with Gasteiger partial charge in [0.15, 0.2) is 5.82 Å². The van der Waals surface area contributed by atoms with Crippen molar-refractivity contribution in [1.82, 2.24) is 9.71 Å². The molecule has 0 saturated carbocycles. The van der Waals surface area contributed by atoms with Crippen LogP contribution in [0.4, 0.5) is 4.39 Å². The number of benzene rings is 1. The normalized spacial score (nSPS) is 12.6. The SMILES string of the molecule is N#CC(NS(=O)(=O)c1ncccc1F)c1ccccc1. The molecule has 1 aromatic heterocycles. The van der Waals surface area contributed by atoms with E-state index in [0.717, 1.165) is 6.07 Å². The third kappa shape index (κ3) is 2.99. The lowest BCUT2D eigenvalue weighted by Gasteiger charge is -2.12. The second-order valence-electron chi connectivity index (χ2n) is 3.88. The van der Waals surface area contributed by atoms with E-state index in [1.54, 1.807) is 30.3 Å². The molecule has 20 heavy (non-hydrogen) atoms. The summed E-state index contributed by atoms with van der Waals surface area (Å²) in [6, 6.07) is 11.3. The first kappa shape index (κ1) is 14.1. The molecule has 0 fully saturated rings. The maximum absolute atomic E-state index is 13.5. The summed E-state index contributed by atoms with van der Waals surface area (Å²) in [7, 11) is -4.21. The van der Waals surface area contributed by atoms with Crippen molar-refractivity contribution in [3.05, 3.63) is 60.0 Å². The van der Waals surface area contributed by atoms with Gasteiger partial charge in [0.1, 0.15) is 6.04 Å². The van der Waals surface area contributed by atoms with Crippen molar-refractivity contribution in [2.24, 2.45) is 0 Å². The molecule has 2 aromatic rings. The van der Waals surface area contributed by atoms with Crippen LogP contribution in [-0.4, -0.2) is 13.4 Å². The van der Waals surface area contributed by atoms with Gasteiger partial charge < -0.3 is 0 Å². The van der Waals surface area contributed by atoms with Gasteiger partial charge in [-0.2, -0.15) is 9.98 Å². The summed E-state index contributed by atoms with van der Waals surface area (Å²) in [6.45, 7) is 0. The van der Waals surface area contributed by atoms with Crippen molar-refractivity contribution in [2.45, 2.75) is 11.1 Å². The van der Waals surface area contributed by atoms with E-state index < -0.39 is 26.9 Å².